The average Bonchev–Trinajstić information content (AvgIpc) is 1.99. The number of hydrogen-bond acceptors (Lipinski definition) is 5. The van der Waals surface area contributed by atoms with Gasteiger partial charge in [0.15, 0.2) is 0 Å². The lowest BCUT2D eigenvalue weighted by Crippen LogP contribution is -2.48. The van der Waals surface area contributed by atoms with E-state index in [0.29, 0.717) is 0 Å². The molecule has 8 nitrogen and oxygen atoms in total. The van der Waals surface area contributed by atoms with Crippen molar-refractivity contribution < 1.29 is 37.6 Å². The number of carbonyl (C=O) groups excluding carboxylic acids is 1. The standard InChI is InChI=1S/C6H8O8S/c7-2-1-6(5(10)11,3-4(8)9)15(12,13)14/h2H,1,3H2,(H,8,9)(H,10,11)(H,12,13,14). The molecule has 0 heterocycles. The molecule has 86 valence electrons. The summed E-state index contributed by atoms with van der Waals surface area (Å²) in [5, 5.41) is 16.9. The molecule has 0 aromatic rings. The van der Waals surface area contributed by atoms with Gasteiger partial charge in [-0.2, -0.15) is 8.42 Å². The Balaban J connectivity index is 5.58. The van der Waals surface area contributed by atoms with E-state index in [9.17, 15) is 22.8 Å². The van der Waals surface area contributed by atoms with Crippen LogP contribution in [0.15, 0.2) is 0 Å². The second kappa shape index (κ2) is 4.36. The molecule has 0 spiro atoms. The third-order valence-electron chi connectivity index (χ3n) is 1.73. The molecule has 9 heteroatoms. The smallest absolute Gasteiger partial charge is 0.328 e. The van der Waals surface area contributed by atoms with E-state index < -0.39 is 39.6 Å². The predicted octanol–water partition coefficient (Wildman–Crippen LogP) is -1.24. The number of carboxylic acid groups (broad SMARTS) is 2. The first-order valence-electron chi connectivity index (χ1n) is 3.53. The Hall–Kier alpha value is -1.48. The molecule has 3 N–H and O–H groups in total. The SMILES string of the molecule is O=CCC(CC(=O)O)(C(=O)O)S(=O)(=O)O. The van der Waals surface area contributed by atoms with Gasteiger partial charge >= 0.3 is 11.9 Å². The van der Waals surface area contributed by atoms with Crippen LogP contribution < -0.4 is 0 Å². The van der Waals surface area contributed by atoms with Crippen molar-refractivity contribution in [3.63, 3.8) is 0 Å². The highest BCUT2D eigenvalue weighted by atomic mass is 32.2. The molecule has 0 amide bonds. The van der Waals surface area contributed by atoms with Crippen molar-refractivity contribution in [3.05, 3.63) is 0 Å². The van der Waals surface area contributed by atoms with E-state index in [-0.39, 0.29) is 6.29 Å². The lowest BCUT2D eigenvalue weighted by Gasteiger charge is -2.21. The Kier molecular flexibility index (Phi) is 3.93. The summed E-state index contributed by atoms with van der Waals surface area (Å²) in [6, 6.07) is 0. The van der Waals surface area contributed by atoms with Crippen molar-refractivity contribution >= 4 is 28.3 Å². The average molecular weight is 240 g/mol. The second-order valence-corrected chi connectivity index (χ2v) is 4.45. The zero-order valence-electron chi connectivity index (χ0n) is 7.28. The van der Waals surface area contributed by atoms with E-state index >= 15 is 0 Å². The fraction of sp³-hybridized carbons (Fsp3) is 0.500. The summed E-state index contributed by atoms with van der Waals surface area (Å²) in [5.74, 6) is -3.84. The minimum absolute atomic E-state index is 0.0785. The summed E-state index contributed by atoms with van der Waals surface area (Å²) >= 11 is 0. The first kappa shape index (κ1) is 13.5. The van der Waals surface area contributed by atoms with Gasteiger partial charge in [0, 0.05) is 6.42 Å². The van der Waals surface area contributed by atoms with Crippen molar-refractivity contribution in [1.29, 1.82) is 0 Å². The molecule has 0 aliphatic heterocycles. The normalized spacial score (nSPS) is 15.3. The molecule has 0 bridgehead atoms. The topological polar surface area (TPSA) is 146 Å². The van der Waals surface area contributed by atoms with E-state index in [0.717, 1.165) is 0 Å². The lowest BCUT2D eigenvalue weighted by molar-refractivity contribution is -0.147. The van der Waals surface area contributed by atoms with Gasteiger partial charge in [-0.25, -0.2) is 0 Å². The number of carbonyl (C=O) groups is 3. The van der Waals surface area contributed by atoms with Crippen molar-refractivity contribution in [2.24, 2.45) is 0 Å². The summed E-state index contributed by atoms with van der Waals surface area (Å²) in [4.78, 5) is 31.0. The molecule has 0 saturated carbocycles. The highest BCUT2D eigenvalue weighted by molar-refractivity contribution is 7.88. The van der Waals surface area contributed by atoms with E-state index in [4.69, 9.17) is 14.8 Å². The van der Waals surface area contributed by atoms with E-state index in [1.165, 1.54) is 0 Å². The third-order valence-corrected chi connectivity index (χ3v) is 3.21. The number of hydrogen-bond donors (Lipinski definition) is 3. The zero-order valence-corrected chi connectivity index (χ0v) is 8.10. The van der Waals surface area contributed by atoms with Crippen molar-refractivity contribution in [1.82, 2.24) is 0 Å². The fourth-order valence-electron chi connectivity index (χ4n) is 0.921. The first-order valence-corrected chi connectivity index (χ1v) is 4.97. The first-order chi connectivity index (χ1) is 6.67. The van der Waals surface area contributed by atoms with Gasteiger partial charge in [-0.3, -0.25) is 14.1 Å². The third kappa shape index (κ3) is 2.73. The van der Waals surface area contributed by atoms with Crippen LogP contribution in [0, 0.1) is 0 Å². The molecule has 1 unspecified atom stereocenters. The largest absolute Gasteiger partial charge is 0.481 e. The highest BCUT2D eigenvalue weighted by Crippen LogP contribution is 2.25. The number of aliphatic carboxylic acids is 2. The van der Waals surface area contributed by atoms with E-state index in [1.54, 1.807) is 0 Å². The van der Waals surface area contributed by atoms with Crippen molar-refractivity contribution in [2.75, 3.05) is 0 Å². The Bertz CT molecular complexity index is 382. The summed E-state index contributed by atoms with van der Waals surface area (Å²) in [6.45, 7) is 0. The second-order valence-electron chi connectivity index (χ2n) is 2.72. The highest BCUT2D eigenvalue weighted by Gasteiger charge is 2.52. The van der Waals surface area contributed by atoms with Crippen LogP contribution in [-0.2, 0) is 24.5 Å². The number of carboxylic acids is 2. The van der Waals surface area contributed by atoms with Crippen LogP contribution >= 0.6 is 0 Å². The van der Waals surface area contributed by atoms with Crippen LogP contribution in [0.1, 0.15) is 12.8 Å². The molecule has 0 rings (SSSR count). The fourth-order valence-corrected chi connectivity index (χ4v) is 1.73. The molecular formula is C6H8O8S. The quantitative estimate of drug-likeness (QED) is 0.386. The molecule has 0 aromatic heterocycles. The van der Waals surface area contributed by atoms with Crippen LogP contribution in [0.25, 0.3) is 0 Å². The van der Waals surface area contributed by atoms with Gasteiger partial charge in [-0.1, -0.05) is 0 Å². The molecule has 1 atom stereocenters. The molecule has 0 radical (unpaired) electrons. The van der Waals surface area contributed by atoms with Gasteiger partial charge in [0.05, 0.1) is 6.42 Å². The molecule has 15 heavy (non-hydrogen) atoms. The minimum Gasteiger partial charge on any atom is -0.481 e. The van der Waals surface area contributed by atoms with Crippen LogP contribution in [0.2, 0.25) is 0 Å². The maximum absolute atomic E-state index is 10.8. The van der Waals surface area contributed by atoms with Crippen molar-refractivity contribution in [3.8, 4) is 0 Å². The maximum Gasteiger partial charge on any atom is 0.328 e. The van der Waals surface area contributed by atoms with Gasteiger partial charge in [0.25, 0.3) is 10.1 Å². The Morgan fingerprint density at radius 2 is 1.73 bits per heavy atom. The maximum atomic E-state index is 10.8. The van der Waals surface area contributed by atoms with E-state index in [1.807, 2.05) is 0 Å². The lowest BCUT2D eigenvalue weighted by atomic mass is 10.0. The van der Waals surface area contributed by atoms with Crippen molar-refractivity contribution in [2.45, 2.75) is 17.6 Å². The molecule has 0 saturated heterocycles. The zero-order chi connectivity index (χ0) is 12.3. The van der Waals surface area contributed by atoms with Crippen LogP contribution in [0.5, 0.6) is 0 Å². The molecule has 0 fully saturated rings. The monoisotopic (exact) mass is 240 g/mol. The van der Waals surface area contributed by atoms with Gasteiger partial charge in [-0.05, 0) is 0 Å². The summed E-state index contributed by atoms with van der Waals surface area (Å²) < 4.78 is 27.2. The summed E-state index contributed by atoms with van der Waals surface area (Å²) in [5.41, 5.74) is 0. The van der Waals surface area contributed by atoms with Gasteiger partial charge in [0.2, 0.25) is 4.75 Å². The molecule has 0 aromatic carbocycles. The van der Waals surface area contributed by atoms with Gasteiger partial charge in [-0.15, -0.1) is 0 Å². The summed E-state index contributed by atoms with van der Waals surface area (Å²) in [6.07, 6.45) is -2.60. The molecule has 0 aliphatic carbocycles. The molecular weight excluding hydrogens is 232 g/mol. The Labute approximate surface area is 84.3 Å². The van der Waals surface area contributed by atoms with Gasteiger partial charge < -0.3 is 15.0 Å². The predicted molar refractivity (Wildman–Crippen MR) is 44.8 cm³/mol. The van der Waals surface area contributed by atoms with Crippen LogP contribution in [0.3, 0.4) is 0 Å². The Morgan fingerprint density at radius 3 is 1.93 bits per heavy atom. The van der Waals surface area contributed by atoms with Crippen LogP contribution in [-0.4, -0.2) is 46.2 Å². The number of aldehydes is 1. The minimum atomic E-state index is -5.19. The van der Waals surface area contributed by atoms with Crippen LogP contribution in [0.4, 0.5) is 0 Å². The molecule has 0 aliphatic rings. The Morgan fingerprint density at radius 1 is 1.27 bits per heavy atom. The summed E-state index contributed by atoms with van der Waals surface area (Å²) in [7, 11) is -5.19. The van der Waals surface area contributed by atoms with Gasteiger partial charge in [0.1, 0.15) is 6.29 Å². The number of rotatable bonds is 6. The van der Waals surface area contributed by atoms with E-state index in [2.05, 4.69) is 0 Å².